The first kappa shape index (κ1) is 12.0. The third-order valence-electron chi connectivity index (χ3n) is 1.71. The summed E-state index contributed by atoms with van der Waals surface area (Å²) in [4.78, 5) is 8.23. The van der Waals surface area contributed by atoms with Gasteiger partial charge in [0.15, 0.2) is 6.61 Å². The second-order valence-corrected chi connectivity index (χ2v) is 3.00. The average Bonchev–Trinajstić information content (AvgIpc) is 2.49. The molecule has 1 aromatic rings. The molecule has 4 nitrogen and oxygen atoms in total. The van der Waals surface area contributed by atoms with Gasteiger partial charge in [-0.2, -0.15) is 13.2 Å². The highest BCUT2D eigenvalue weighted by Gasteiger charge is 2.27. The fraction of sp³-hybridized carbons (Fsp3) is 0.625. The molecular weight excluding hydrogens is 211 g/mol. The van der Waals surface area contributed by atoms with Gasteiger partial charge < -0.3 is 4.57 Å². The van der Waals surface area contributed by atoms with Crippen LogP contribution in [0.3, 0.4) is 0 Å². The molecule has 1 aromatic heterocycles. The van der Waals surface area contributed by atoms with Gasteiger partial charge in [-0.1, -0.05) is 0 Å². The number of nitrogens with zero attached hydrogens (tertiary/aromatic N) is 2. The number of nitrogens with one attached hydrogen (secondary N) is 1. The third kappa shape index (κ3) is 4.80. The lowest BCUT2D eigenvalue weighted by Gasteiger charge is -2.08. The molecule has 0 spiro atoms. The second kappa shape index (κ2) is 5.13. The van der Waals surface area contributed by atoms with Crippen molar-refractivity contribution in [2.45, 2.75) is 12.6 Å². The van der Waals surface area contributed by atoms with Crippen molar-refractivity contribution < 1.29 is 18.0 Å². The summed E-state index contributed by atoms with van der Waals surface area (Å²) in [7, 11) is 1.82. The Balaban J connectivity index is 2.10. The number of aromatic nitrogens is 2. The molecule has 86 valence electrons. The van der Waals surface area contributed by atoms with Crippen molar-refractivity contribution in [2.24, 2.45) is 7.05 Å². The van der Waals surface area contributed by atoms with Gasteiger partial charge in [-0.25, -0.2) is 10.5 Å². The fourth-order valence-electron chi connectivity index (χ4n) is 1.01. The van der Waals surface area contributed by atoms with Gasteiger partial charge in [-0.05, 0) is 0 Å². The van der Waals surface area contributed by atoms with E-state index >= 15 is 0 Å². The Hall–Kier alpha value is -1.08. The molecule has 0 fully saturated rings. The zero-order valence-electron chi connectivity index (χ0n) is 8.21. The maximum atomic E-state index is 11.6. The van der Waals surface area contributed by atoms with Gasteiger partial charge in [0.1, 0.15) is 5.82 Å². The normalized spacial score (nSPS) is 12.0. The number of alkyl halides is 3. The molecule has 7 heteroatoms. The predicted molar refractivity (Wildman–Crippen MR) is 46.9 cm³/mol. The summed E-state index contributed by atoms with van der Waals surface area (Å²) in [6, 6.07) is 0. The summed E-state index contributed by atoms with van der Waals surface area (Å²) in [5, 5.41) is 0. The highest BCUT2D eigenvalue weighted by Crippen LogP contribution is 2.13. The first-order chi connectivity index (χ1) is 6.99. The van der Waals surface area contributed by atoms with E-state index in [1.54, 1.807) is 17.0 Å². The highest BCUT2D eigenvalue weighted by molar-refractivity contribution is 4.91. The van der Waals surface area contributed by atoms with E-state index < -0.39 is 12.8 Å². The molecule has 0 bridgehead atoms. The predicted octanol–water partition coefficient (Wildman–Crippen LogP) is 1.05. The molecule has 0 atom stereocenters. The zero-order valence-corrected chi connectivity index (χ0v) is 8.21. The molecule has 0 aliphatic heterocycles. The van der Waals surface area contributed by atoms with Crippen LogP contribution >= 0.6 is 0 Å². The number of rotatable bonds is 5. The van der Waals surface area contributed by atoms with E-state index in [1.165, 1.54) is 0 Å². The van der Waals surface area contributed by atoms with Crippen LogP contribution in [-0.4, -0.2) is 28.9 Å². The summed E-state index contributed by atoms with van der Waals surface area (Å²) in [5.74, 6) is 0.790. The van der Waals surface area contributed by atoms with Crippen molar-refractivity contribution in [3.05, 3.63) is 18.2 Å². The number of aryl methyl sites for hydroxylation is 1. The van der Waals surface area contributed by atoms with Gasteiger partial charge in [0.25, 0.3) is 0 Å². The van der Waals surface area contributed by atoms with Crippen LogP contribution in [0.4, 0.5) is 13.2 Å². The molecule has 0 aromatic carbocycles. The average molecular weight is 223 g/mol. The van der Waals surface area contributed by atoms with Crippen LogP contribution in [0.15, 0.2) is 12.4 Å². The van der Waals surface area contributed by atoms with E-state index in [0.29, 0.717) is 13.0 Å². The monoisotopic (exact) mass is 223 g/mol. The molecule has 0 unspecified atom stereocenters. The van der Waals surface area contributed by atoms with Gasteiger partial charge in [0.2, 0.25) is 0 Å². The second-order valence-electron chi connectivity index (χ2n) is 3.00. The Kier molecular flexibility index (Phi) is 4.10. The SMILES string of the molecule is Cn1ccnc1CCNOCC(F)(F)F. The van der Waals surface area contributed by atoms with Crippen LogP contribution in [0.5, 0.6) is 0 Å². The lowest BCUT2D eigenvalue weighted by molar-refractivity contribution is -0.189. The molecular formula is C8H12F3N3O. The first-order valence-electron chi connectivity index (χ1n) is 4.36. The van der Waals surface area contributed by atoms with Crippen LogP contribution < -0.4 is 5.48 Å². The zero-order chi connectivity index (χ0) is 11.3. The van der Waals surface area contributed by atoms with Crippen LogP contribution in [0, 0.1) is 0 Å². The number of imidazole rings is 1. The lowest BCUT2D eigenvalue weighted by Crippen LogP contribution is -2.26. The number of hydroxylamine groups is 1. The van der Waals surface area contributed by atoms with E-state index in [9.17, 15) is 13.2 Å². The maximum absolute atomic E-state index is 11.6. The van der Waals surface area contributed by atoms with E-state index in [0.717, 1.165) is 5.82 Å². The van der Waals surface area contributed by atoms with E-state index in [4.69, 9.17) is 0 Å². The van der Waals surface area contributed by atoms with Gasteiger partial charge in [-0.15, -0.1) is 0 Å². The molecule has 0 amide bonds. The minimum Gasteiger partial charge on any atom is -0.338 e. The van der Waals surface area contributed by atoms with Crippen LogP contribution in [0.2, 0.25) is 0 Å². The Bertz CT molecular complexity index is 298. The number of halogens is 3. The van der Waals surface area contributed by atoms with Gasteiger partial charge in [0.05, 0.1) is 0 Å². The van der Waals surface area contributed by atoms with Crippen LogP contribution in [0.1, 0.15) is 5.82 Å². The Morgan fingerprint density at radius 1 is 1.53 bits per heavy atom. The summed E-state index contributed by atoms with van der Waals surface area (Å²) in [6.07, 6.45) is -0.380. The van der Waals surface area contributed by atoms with Crippen molar-refractivity contribution in [1.82, 2.24) is 15.0 Å². The maximum Gasteiger partial charge on any atom is 0.413 e. The lowest BCUT2D eigenvalue weighted by atomic mass is 10.4. The van der Waals surface area contributed by atoms with Crippen molar-refractivity contribution in [3.8, 4) is 0 Å². The minimum atomic E-state index is -4.30. The van der Waals surface area contributed by atoms with Gasteiger partial charge in [0, 0.05) is 32.4 Å². The first-order valence-corrected chi connectivity index (χ1v) is 4.36. The molecule has 0 aliphatic carbocycles. The summed E-state index contributed by atoms with van der Waals surface area (Å²) in [5.41, 5.74) is 2.23. The summed E-state index contributed by atoms with van der Waals surface area (Å²) < 4.78 is 36.7. The summed E-state index contributed by atoms with van der Waals surface area (Å²) in [6.45, 7) is -0.992. The molecule has 0 saturated carbocycles. The summed E-state index contributed by atoms with van der Waals surface area (Å²) >= 11 is 0. The molecule has 0 saturated heterocycles. The fourth-order valence-corrected chi connectivity index (χ4v) is 1.01. The molecule has 15 heavy (non-hydrogen) atoms. The van der Waals surface area contributed by atoms with Crippen LogP contribution in [-0.2, 0) is 18.3 Å². The van der Waals surface area contributed by atoms with E-state index in [1.807, 2.05) is 7.05 Å². The Labute approximate surface area is 85.0 Å². The van der Waals surface area contributed by atoms with Crippen molar-refractivity contribution >= 4 is 0 Å². The van der Waals surface area contributed by atoms with E-state index in [2.05, 4.69) is 15.3 Å². The molecule has 0 radical (unpaired) electrons. The molecule has 1 rings (SSSR count). The van der Waals surface area contributed by atoms with Crippen LogP contribution in [0.25, 0.3) is 0 Å². The number of hydrogen-bond donors (Lipinski definition) is 1. The highest BCUT2D eigenvalue weighted by atomic mass is 19.4. The Morgan fingerprint density at radius 3 is 2.80 bits per heavy atom. The quantitative estimate of drug-likeness (QED) is 0.599. The Morgan fingerprint density at radius 2 is 2.27 bits per heavy atom. The van der Waals surface area contributed by atoms with Gasteiger partial charge in [-0.3, -0.25) is 4.84 Å². The molecule has 1 heterocycles. The number of hydrogen-bond acceptors (Lipinski definition) is 3. The topological polar surface area (TPSA) is 39.1 Å². The molecule has 0 aliphatic rings. The smallest absolute Gasteiger partial charge is 0.338 e. The minimum absolute atomic E-state index is 0.293. The van der Waals surface area contributed by atoms with Crippen molar-refractivity contribution in [2.75, 3.05) is 13.2 Å². The standard InChI is InChI=1S/C8H12F3N3O/c1-14-5-4-12-7(14)2-3-13-15-6-8(9,10)11/h4-5,13H,2-3,6H2,1H3. The largest absolute Gasteiger partial charge is 0.413 e. The van der Waals surface area contributed by atoms with Gasteiger partial charge >= 0.3 is 6.18 Å². The van der Waals surface area contributed by atoms with Crippen molar-refractivity contribution in [1.29, 1.82) is 0 Å². The van der Waals surface area contributed by atoms with E-state index in [-0.39, 0.29) is 0 Å². The third-order valence-corrected chi connectivity index (χ3v) is 1.71. The molecule has 1 N–H and O–H groups in total. The van der Waals surface area contributed by atoms with Crippen molar-refractivity contribution in [3.63, 3.8) is 0 Å².